The number of nitrogens with zero attached hydrogens (tertiary/aromatic N) is 4. The predicted molar refractivity (Wildman–Crippen MR) is 110 cm³/mol. The van der Waals surface area contributed by atoms with Crippen molar-refractivity contribution in [3.63, 3.8) is 0 Å². The second kappa shape index (κ2) is 7.44. The summed E-state index contributed by atoms with van der Waals surface area (Å²) in [6, 6.07) is 12.2. The van der Waals surface area contributed by atoms with Crippen LogP contribution in [0, 0.1) is 5.82 Å². The fourth-order valence-electron chi connectivity index (χ4n) is 3.14. The minimum Gasteiger partial charge on any atom is -0.388 e. The number of halogens is 2. The first-order valence-electron chi connectivity index (χ1n) is 8.71. The molecular formula is C20H18ClFN6. The molecule has 0 aliphatic heterocycles. The Labute approximate surface area is 166 Å². The van der Waals surface area contributed by atoms with Gasteiger partial charge in [0.2, 0.25) is 11.2 Å². The fraction of sp³-hybridized carbons (Fsp3) is 0.150. The van der Waals surface area contributed by atoms with Crippen molar-refractivity contribution in [2.24, 2.45) is 7.05 Å². The van der Waals surface area contributed by atoms with Gasteiger partial charge in [-0.1, -0.05) is 12.1 Å². The first-order valence-corrected chi connectivity index (χ1v) is 9.09. The van der Waals surface area contributed by atoms with Gasteiger partial charge in [0.1, 0.15) is 11.3 Å². The molecule has 0 saturated heterocycles. The van der Waals surface area contributed by atoms with Crippen molar-refractivity contribution in [2.45, 2.75) is 6.54 Å². The van der Waals surface area contributed by atoms with Crippen molar-refractivity contribution in [3.05, 3.63) is 65.3 Å². The third-order valence-corrected chi connectivity index (χ3v) is 4.75. The lowest BCUT2D eigenvalue weighted by molar-refractivity contribution is 0.627. The Bertz CT molecular complexity index is 1140. The molecule has 0 saturated carbocycles. The number of hydrogen-bond donors (Lipinski definition) is 2. The molecule has 0 fully saturated rings. The third kappa shape index (κ3) is 3.36. The highest BCUT2D eigenvalue weighted by atomic mass is 35.5. The Balaban J connectivity index is 1.77. The number of imidazole rings is 1. The standard InChI is InChI=1S/C20H18ClFN6/c1-23-14-7-8-16-18(17(14)15-9-10-24-19(21)26-15)27-20(28(16)2)25-11-12-3-5-13(22)6-4-12/h3-10,23H,11H2,1-2H3,(H,25,27). The maximum absolute atomic E-state index is 13.1. The number of hydrogen-bond acceptors (Lipinski definition) is 5. The molecule has 0 atom stereocenters. The van der Waals surface area contributed by atoms with Crippen molar-refractivity contribution in [3.8, 4) is 11.3 Å². The number of rotatable bonds is 5. The largest absolute Gasteiger partial charge is 0.388 e. The summed E-state index contributed by atoms with van der Waals surface area (Å²) in [5.74, 6) is 0.452. The number of benzene rings is 2. The van der Waals surface area contributed by atoms with E-state index in [0.717, 1.165) is 27.8 Å². The van der Waals surface area contributed by atoms with Gasteiger partial charge in [0.05, 0.1) is 16.8 Å². The van der Waals surface area contributed by atoms with Crippen molar-refractivity contribution >= 4 is 34.3 Å². The first kappa shape index (κ1) is 18.2. The summed E-state index contributed by atoms with van der Waals surface area (Å²) in [6.45, 7) is 0.533. The average molecular weight is 397 g/mol. The molecular weight excluding hydrogens is 379 g/mol. The topological polar surface area (TPSA) is 67.7 Å². The number of aromatic nitrogens is 4. The minimum absolute atomic E-state index is 0.183. The third-order valence-electron chi connectivity index (χ3n) is 4.57. The maximum Gasteiger partial charge on any atom is 0.222 e. The zero-order chi connectivity index (χ0) is 19.7. The highest BCUT2D eigenvalue weighted by molar-refractivity contribution is 6.28. The van der Waals surface area contributed by atoms with E-state index in [9.17, 15) is 4.39 Å². The van der Waals surface area contributed by atoms with E-state index in [1.54, 1.807) is 18.3 Å². The van der Waals surface area contributed by atoms with Crippen LogP contribution in [0.3, 0.4) is 0 Å². The first-order chi connectivity index (χ1) is 13.6. The van der Waals surface area contributed by atoms with Gasteiger partial charge >= 0.3 is 0 Å². The molecule has 0 unspecified atom stereocenters. The summed E-state index contributed by atoms with van der Waals surface area (Å²) in [7, 11) is 3.79. The molecule has 4 aromatic rings. The molecule has 2 N–H and O–H groups in total. The Morgan fingerprint density at radius 2 is 1.86 bits per heavy atom. The van der Waals surface area contributed by atoms with E-state index < -0.39 is 0 Å². The van der Waals surface area contributed by atoms with Crippen LogP contribution >= 0.6 is 11.6 Å². The zero-order valence-corrected chi connectivity index (χ0v) is 16.1. The van der Waals surface area contributed by atoms with Gasteiger partial charge in [0.15, 0.2) is 0 Å². The molecule has 0 radical (unpaired) electrons. The highest BCUT2D eigenvalue weighted by Gasteiger charge is 2.17. The van der Waals surface area contributed by atoms with Gasteiger partial charge in [-0.2, -0.15) is 0 Å². The lowest BCUT2D eigenvalue weighted by Gasteiger charge is -2.09. The van der Waals surface area contributed by atoms with Crippen LogP contribution < -0.4 is 10.6 Å². The lowest BCUT2D eigenvalue weighted by atomic mass is 10.1. The summed E-state index contributed by atoms with van der Waals surface area (Å²) in [6.07, 6.45) is 1.62. The van der Waals surface area contributed by atoms with Crippen LogP contribution in [0.25, 0.3) is 22.3 Å². The van der Waals surface area contributed by atoms with E-state index >= 15 is 0 Å². The second-order valence-electron chi connectivity index (χ2n) is 6.29. The monoisotopic (exact) mass is 396 g/mol. The fourth-order valence-corrected chi connectivity index (χ4v) is 3.29. The van der Waals surface area contributed by atoms with Gasteiger partial charge in [-0.3, -0.25) is 0 Å². The van der Waals surface area contributed by atoms with Gasteiger partial charge in [-0.05, 0) is 47.5 Å². The molecule has 4 rings (SSSR count). The van der Waals surface area contributed by atoms with Crippen LogP contribution in [-0.2, 0) is 13.6 Å². The van der Waals surface area contributed by atoms with Crippen LogP contribution in [0.5, 0.6) is 0 Å². The van der Waals surface area contributed by atoms with Gasteiger partial charge < -0.3 is 15.2 Å². The van der Waals surface area contributed by atoms with Crippen molar-refractivity contribution in [2.75, 3.05) is 17.7 Å². The summed E-state index contributed by atoms with van der Waals surface area (Å²) >= 11 is 6.00. The minimum atomic E-state index is -0.251. The van der Waals surface area contributed by atoms with Crippen molar-refractivity contribution in [1.29, 1.82) is 0 Å². The lowest BCUT2D eigenvalue weighted by Crippen LogP contribution is -2.04. The number of nitrogens with one attached hydrogen (secondary N) is 2. The van der Waals surface area contributed by atoms with Gasteiger partial charge in [-0.15, -0.1) is 0 Å². The quantitative estimate of drug-likeness (QED) is 0.487. The van der Waals surface area contributed by atoms with E-state index in [1.807, 2.05) is 36.9 Å². The second-order valence-corrected chi connectivity index (χ2v) is 6.63. The van der Waals surface area contributed by atoms with Crippen LogP contribution in [0.1, 0.15) is 5.56 Å². The number of aryl methyl sites for hydroxylation is 1. The molecule has 28 heavy (non-hydrogen) atoms. The SMILES string of the molecule is CNc1ccc2c(nc(NCc3ccc(F)cc3)n2C)c1-c1ccnc(Cl)n1. The van der Waals surface area contributed by atoms with E-state index in [4.69, 9.17) is 16.6 Å². The van der Waals surface area contributed by atoms with Gasteiger partial charge in [-0.25, -0.2) is 19.3 Å². The van der Waals surface area contributed by atoms with Crippen molar-refractivity contribution in [1.82, 2.24) is 19.5 Å². The molecule has 2 aromatic carbocycles. The summed E-state index contributed by atoms with van der Waals surface area (Å²) < 4.78 is 15.1. The molecule has 0 bridgehead atoms. The smallest absolute Gasteiger partial charge is 0.222 e. The molecule has 0 aliphatic rings. The molecule has 2 aromatic heterocycles. The van der Waals surface area contributed by atoms with Crippen LogP contribution in [-0.4, -0.2) is 26.6 Å². The van der Waals surface area contributed by atoms with Crippen LogP contribution in [0.2, 0.25) is 5.28 Å². The summed E-state index contributed by atoms with van der Waals surface area (Å²) in [5, 5.41) is 6.69. The predicted octanol–water partition coefficient (Wildman–Crippen LogP) is 4.48. The molecule has 8 heteroatoms. The van der Waals surface area contributed by atoms with E-state index in [2.05, 4.69) is 20.6 Å². The summed E-state index contributed by atoms with van der Waals surface area (Å²) in [4.78, 5) is 13.1. The number of anilines is 2. The van der Waals surface area contributed by atoms with Crippen LogP contribution in [0.15, 0.2) is 48.7 Å². The zero-order valence-electron chi connectivity index (χ0n) is 15.4. The van der Waals surface area contributed by atoms with Crippen LogP contribution in [0.4, 0.5) is 16.0 Å². The van der Waals surface area contributed by atoms with E-state index in [0.29, 0.717) is 18.2 Å². The van der Waals surface area contributed by atoms with Gasteiger partial charge in [0.25, 0.3) is 0 Å². The molecule has 142 valence electrons. The Kier molecular flexibility index (Phi) is 4.83. The molecule has 0 aliphatic carbocycles. The maximum atomic E-state index is 13.1. The molecule has 2 heterocycles. The Morgan fingerprint density at radius 3 is 2.57 bits per heavy atom. The Hall–Kier alpha value is -3.19. The normalized spacial score (nSPS) is 11.0. The van der Waals surface area contributed by atoms with Gasteiger partial charge in [0, 0.05) is 32.5 Å². The van der Waals surface area contributed by atoms with E-state index in [1.165, 1.54) is 12.1 Å². The number of fused-ring (bicyclic) bond motifs is 1. The van der Waals surface area contributed by atoms with Crippen molar-refractivity contribution < 1.29 is 4.39 Å². The van der Waals surface area contributed by atoms with E-state index in [-0.39, 0.29) is 11.1 Å². The summed E-state index contributed by atoms with van der Waals surface area (Å²) in [5.41, 5.74) is 5.15. The highest BCUT2D eigenvalue weighted by Crippen LogP contribution is 2.35. The molecule has 0 amide bonds. The molecule has 0 spiro atoms. The average Bonchev–Trinajstić information content (AvgIpc) is 3.02. The molecule has 6 nitrogen and oxygen atoms in total. The Morgan fingerprint density at radius 1 is 1.07 bits per heavy atom.